The number of rotatable bonds is 1. The summed E-state index contributed by atoms with van der Waals surface area (Å²) in [5, 5.41) is 11.8. The third kappa shape index (κ3) is 2.65. The Balaban J connectivity index is 0.000001000. The summed E-state index contributed by atoms with van der Waals surface area (Å²) in [5.74, 6) is -0.295. The first-order valence-corrected chi connectivity index (χ1v) is 3.23. The first kappa shape index (κ1) is 10.7. The topological polar surface area (TPSA) is 58.6 Å². The van der Waals surface area contributed by atoms with E-state index in [2.05, 4.69) is 10.1 Å². The van der Waals surface area contributed by atoms with Crippen LogP contribution in [0.2, 0.25) is 0 Å². The molecule has 1 rings (SSSR count). The number of aliphatic hydroxyl groups is 1. The summed E-state index contributed by atoms with van der Waals surface area (Å²) >= 11 is 0. The highest BCUT2D eigenvalue weighted by molar-refractivity contribution is 5.85. The van der Waals surface area contributed by atoms with E-state index in [1.165, 1.54) is 7.11 Å². The zero-order valence-corrected chi connectivity index (χ0v) is 7.06. The SMILES string of the molecule is COC(=O)[C@H]1CC(O)CN1.Cl. The summed E-state index contributed by atoms with van der Waals surface area (Å²) in [5.41, 5.74) is 0. The van der Waals surface area contributed by atoms with E-state index in [4.69, 9.17) is 5.11 Å². The van der Waals surface area contributed by atoms with Crippen molar-refractivity contribution in [2.24, 2.45) is 0 Å². The molecule has 2 N–H and O–H groups in total. The van der Waals surface area contributed by atoms with Crippen molar-refractivity contribution >= 4 is 18.4 Å². The summed E-state index contributed by atoms with van der Waals surface area (Å²) in [7, 11) is 1.34. The average molecular weight is 182 g/mol. The van der Waals surface area contributed by atoms with Gasteiger partial charge < -0.3 is 15.2 Å². The Morgan fingerprint density at radius 1 is 1.73 bits per heavy atom. The molecule has 1 aliphatic rings. The van der Waals surface area contributed by atoms with Crippen molar-refractivity contribution in [3.63, 3.8) is 0 Å². The van der Waals surface area contributed by atoms with Gasteiger partial charge in [-0.2, -0.15) is 0 Å². The molecule has 1 heterocycles. The van der Waals surface area contributed by atoms with Gasteiger partial charge in [-0.15, -0.1) is 12.4 Å². The molecule has 2 atom stereocenters. The van der Waals surface area contributed by atoms with Crippen molar-refractivity contribution in [1.29, 1.82) is 0 Å². The molecule has 0 radical (unpaired) electrons. The van der Waals surface area contributed by atoms with Crippen LogP contribution >= 0.6 is 12.4 Å². The lowest BCUT2D eigenvalue weighted by molar-refractivity contribution is -0.142. The van der Waals surface area contributed by atoms with E-state index >= 15 is 0 Å². The fraction of sp³-hybridized carbons (Fsp3) is 0.833. The van der Waals surface area contributed by atoms with E-state index in [9.17, 15) is 4.79 Å². The summed E-state index contributed by atoms with van der Waals surface area (Å²) < 4.78 is 4.47. The van der Waals surface area contributed by atoms with Gasteiger partial charge in [-0.3, -0.25) is 4.79 Å². The zero-order valence-electron chi connectivity index (χ0n) is 6.24. The molecule has 0 spiro atoms. The molecule has 5 heteroatoms. The number of carbonyl (C=O) groups excluding carboxylic acids is 1. The summed E-state index contributed by atoms with van der Waals surface area (Å²) in [4.78, 5) is 10.8. The Bertz CT molecular complexity index is 142. The third-order valence-electron chi connectivity index (χ3n) is 1.59. The molecule has 1 unspecified atom stereocenters. The Morgan fingerprint density at radius 2 is 2.36 bits per heavy atom. The Labute approximate surface area is 71.3 Å². The maximum atomic E-state index is 10.8. The molecule has 66 valence electrons. The molecule has 1 fully saturated rings. The van der Waals surface area contributed by atoms with Crippen molar-refractivity contribution in [2.45, 2.75) is 18.6 Å². The quantitative estimate of drug-likeness (QED) is 0.526. The fourth-order valence-corrected chi connectivity index (χ4v) is 1.04. The van der Waals surface area contributed by atoms with Gasteiger partial charge in [0.2, 0.25) is 0 Å². The molecule has 4 nitrogen and oxygen atoms in total. The first-order chi connectivity index (χ1) is 4.74. The summed E-state index contributed by atoms with van der Waals surface area (Å²) in [6.45, 7) is 0.486. The predicted molar refractivity (Wildman–Crippen MR) is 41.7 cm³/mol. The molecule has 11 heavy (non-hydrogen) atoms. The monoisotopic (exact) mass is 181 g/mol. The minimum absolute atomic E-state index is 0. The number of β-amino-alcohol motifs (C(OH)–C–C–N with tert-alkyl or cyclic N) is 1. The van der Waals surface area contributed by atoms with Gasteiger partial charge in [-0.05, 0) is 0 Å². The lowest BCUT2D eigenvalue weighted by Crippen LogP contribution is -2.31. The number of ether oxygens (including phenoxy) is 1. The normalized spacial score (nSPS) is 29.3. The molecule has 1 saturated heterocycles. The van der Waals surface area contributed by atoms with E-state index in [0.717, 1.165) is 0 Å². The number of halogens is 1. The number of nitrogens with one attached hydrogen (secondary N) is 1. The number of esters is 1. The minimum Gasteiger partial charge on any atom is -0.468 e. The van der Waals surface area contributed by atoms with Gasteiger partial charge in [0.1, 0.15) is 6.04 Å². The van der Waals surface area contributed by atoms with Crippen LogP contribution in [0.25, 0.3) is 0 Å². The number of methoxy groups -OCH3 is 1. The van der Waals surface area contributed by atoms with E-state index in [0.29, 0.717) is 13.0 Å². The number of carbonyl (C=O) groups is 1. The lowest BCUT2D eigenvalue weighted by atomic mass is 10.2. The molecule has 0 aromatic heterocycles. The van der Waals surface area contributed by atoms with Crippen LogP contribution in [-0.2, 0) is 9.53 Å². The van der Waals surface area contributed by atoms with Crippen molar-refractivity contribution in [1.82, 2.24) is 5.32 Å². The summed E-state index contributed by atoms with van der Waals surface area (Å²) in [6.07, 6.45) is 0.0660. The van der Waals surface area contributed by atoms with Crippen LogP contribution in [0, 0.1) is 0 Å². The van der Waals surface area contributed by atoms with E-state index < -0.39 is 6.10 Å². The van der Waals surface area contributed by atoms with Gasteiger partial charge in [0, 0.05) is 13.0 Å². The molecule has 0 aromatic carbocycles. The number of hydrogen-bond acceptors (Lipinski definition) is 4. The first-order valence-electron chi connectivity index (χ1n) is 3.23. The predicted octanol–water partition coefficient (Wildman–Crippen LogP) is -0.696. The van der Waals surface area contributed by atoms with Crippen LogP contribution in [0.5, 0.6) is 0 Å². The highest BCUT2D eigenvalue weighted by atomic mass is 35.5. The Kier molecular flexibility index (Phi) is 4.40. The Morgan fingerprint density at radius 3 is 2.73 bits per heavy atom. The van der Waals surface area contributed by atoms with Crippen molar-refractivity contribution in [2.75, 3.05) is 13.7 Å². The van der Waals surface area contributed by atoms with Crippen molar-refractivity contribution in [3.05, 3.63) is 0 Å². The maximum absolute atomic E-state index is 10.8. The second kappa shape index (κ2) is 4.54. The van der Waals surface area contributed by atoms with Gasteiger partial charge in [0.15, 0.2) is 0 Å². The zero-order chi connectivity index (χ0) is 7.56. The molecule has 1 aliphatic heterocycles. The average Bonchev–Trinajstić information content (AvgIpc) is 2.34. The third-order valence-corrected chi connectivity index (χ3v) is 1.59. The van der Waals surface area contributed by atoms with Crippen LogP contribution < -0.4 is 5.32 Å². The Hall–Kier alpha value is -0.320. The largest absolute Gasteiger partial charge is 0.468 e. The van der Waals surface area contributed by atoms with Crippen LogP contribution in [0.1, 0.15) is 6.42 Å². The molecule has 0 aromatic rings. The van der Waals surface area contributed by atoms with E-state index in [1.807, 2.05) is 0 Å². The van der Waals surface area contributed by atoms with Crippen LogP contribution in [0.3, 0.4) is 0 Å². The van der Waals surface area contributed by atoms with E-state index in [-0.39, 0.29) is 24.4 Å². The molecule has 0 saturated carbocycles. The number of aliphatic hydroxyl groups excluding tert-OH is 1. The minimum atomic E-state index is -0.399. The maximum Gasteiger partial charge on any atom is 0.322 e. The van der Waals surface area contributed by atoms with Crippen LogP contribution in [-0.4, -0.2) is 36.9 Å². The second-order valence-electron chi connectivity index (χ2n) is 2.37. The van der Waals surface area contributed by atoms with Gasteiger partial charge >= 0.3 is 5.97 Å². The van der Waals surface area contributed by atoms with Gasteiger partial charge in [-0.1, -0.05) is 0 Å². The highest BCUT2D eigenvalue weighted by Crippen LogP contribution is 2.06. The summed E-state index contributed by atoms with van der Waals surface area (Å²) in [6, 6.07) is -0.306. The molecular weight excluding hydrogens is 170 g/mol. The molecule has 0 bridgehead atoms. The second-order valence-corrected chi connectivity index (χ2v) is 2.37. The van der Waals surface area contributed by atoms with Crippen molar-refractivity contribution < 1.29 is 14.6 Å². The van der Waals surface area contributed by atoms with Crippen molar-refractivity contribution in [3.8, 4) is 0 Å². The molecule has 0 aliphatic carbocycles. The number of hydrogen-bond donors (Lipinski definition) is 2. The lowest BCUT2D eigenvalue weighted by Gasteiger charge is -2.05. The standard InChI is InChI=1S/C6H11NO3.ClH/c1-10-6(9)5-2-4(8)3-7-5;/h4-5,7-8H,2-3H2,1H3;1H/t4?,5-;/m1./s1. The fourth-order valence-electron chi connectivity index (χ4n) is 1.04. The molecular formula is C6H12ClNO3. The van der Waals surface area contributed by atoms with Crippen LogP contribution in [0.15, 0.2) is 0 Å². The van der Waals surface area contributed by atoms with E-state index in [1.54, 1.807) is 0 Å². The molecule has 0 amide bonds. The van der Waals surface area contributed by atoms with Crippen LogP contribution in [0.4, 0.5) is 0 Å². The van der Waals surface area contributed by atoms with Gasteiger partial charge in [0.05, 0.1) is 13.2 Å². The smallest absolute Gasteiger partial charge is 0.322 e. The highest BCUT2D eigenvalue weighted by Gasteiger charge is 2.28. The van der Waals surface area contributed by atoms with Gasteiger partial charge in [-0.25, -0.2) is 0 Å². The van der Waals surface area contributed by atoms with Gasteiger partial charge in [0.25, 0.3) is 0 Å².